The molecule has 5 nitrogen and oxygen atoms in total. The van der Waals surface area contributed by atoms with Gasteiger partial charge in [-0.25, -0.2) is 0 Å². The first-order valence-electron chi connectivity index (χ1n) is 8.82. The van der Waals surface area contributed by atoms with Crippen LogP contribution in [-0.4, -0.2) is 18.0 Å². The molecular weight excluding hydrogens is 397 g/mol. The van der Waals surface area contributed by atoms with Crippen LogP contribution in [0.2, 0.25) is 10.0 Å². The summed E-state index contributed by atoms with van der Waals surface area (Å²) >= 11 is 12.1. The number of nitrogens with zero attached hydrogens (tertiary/aromatic N) is 3. The number of nitro benzene ring substituents is 1. The van der Waals surface area contributed by atoms with E-state index in [2.05, 4.69) is 9.80 Å². The van der Waals surface area contributed by atoms with Crippen molar-refractivity contribution in [2.75, 3.05) is 22.9 Å². The van der Waals surface area contributed by atoms with E-state index in [1.54, 1.807) is 12.1 Å². The van der Waals surface area contributed by atoms with Gasteiger partial charge < -0.3 is 9.80 Å². The molecule has 142 valence electrons. The van der Waals surface area contributed by atoms with Crippen molar-refractivity contribution in [3.05, 3.63) is 98.5 Å². The highest BCUT2D eigenvalue weighted by Gasteiger charge is 2.33. The van der Waals surface area contributed by atoms with Gasteiger partial charge in [-0.3, -0.25) is 10.1 Å². The molecule has 0 spiro atoms. The van der Waals surface area contributed by atoms with Crippen LogP contribution in [0.15, 0.2) is 72.8 Å². The third-order valence-corrected chi connectivity index (χ3v) is 5.39. The lowest BCUT2D eigenvalue weighted by Crippen LogP contribution is -2.30. The summed E-state index contributed by atoms with van der Waals surface area (Å²) in [7, 11) is 0. The maximum atomic E-state index is 11.0. The minimum absolute atomic E-state index is 0.0813. The van der Waals surface area contributed by atoms with E-state index in [0.29, 0.717) is 10.0 Å². The lowest BCUT2D eigenvalue weighted by molar-refractivity contribution is -0.384. The van der Waals surface area contributed by atoms with Gasteiger partial charge >= 0.3 is 0 Å². The molecule has 4 rings (SSSR count). The molecule has 0 amide bonds. The molecule has 0 radical (unpaired) electrons. The van der Waals surface area contributed by atoms with Crippen LogP contribution < -0.4 is 9.80 Å². The molecule has 0 saturated carbocycles. The maximum absolute atomic E-state index is 11.0. The molecule has 3 aromatic carbocycles. The fourth-order valence-corrected chi connectivity index (χ4v) is 3.81. The number of benzene rings is 3. The van der Waals surface area contributed by atoms with E-state index in [1.165, 1.54) is 0 Å². The van der Waals surface area contributed by atoms with Crippen molar-refractivity contribution < 1.29 is 4.92 Å². The number of rotatable bonds is 4. The van der Waals surface area contributed by atoms with Gasteiger partial charge in [-0.2, -0.15) is 0 Å². The van der Waals surface area contributed by atoms with Gasteiger partial charge in [0, 0.05) is 46.6 Å². The van der Waals surface area contributed by atoms with E-state index in [0.717, 1.165) is 30.0 Å². The molecule has 1 heterocycles. The Morgan fingerprint density at radius 2 is 1.18 bits per heavy atom. The molecule has 1 aliphatic rings. The number of nitro groups is 1. The molecule has 0 N–H and O–H groups in total. The van der Waals surface area contributed by atoms with Crippen LogP contribution in [0.5, 0.6) is 0 Å². The summed E-state index contributed by atoms with van der Waals surface area (Å²) in [6, 6.07) is 22.2. The number of hydrogen-bond donors (Lipinski definition) is 0. The maximum Gasteiger partial charge on any atom is 0.269 e. The molecule has 3 aromatic rings. The first-order chi connectivity index (χ1) is 13.5. The highest BCUT2D eigenvalue weighted by atomic mass is 35.5. The first-order valence-corrected chi connectivity index (χ1v) is 9.57. The van der Waals surface area contributed by atoms with Crippen LogP contribution in [0.1, 0.15) is 11.7 Å². The van der Waals surface area contributed by atoms with E-state index < -0.39 is 0 Å². The summed E-state index contributed by atoms with van der Waals surface area (Å²) in [6.07, 6.45) is -0.0943. The van der Waals surface area contributed by atoms with Crippen molar-refractivity contribution in [2.45, 2.75) is 6.17 Å². The topological polar surface area (TPSA) is 49.6 Å². The minimum Gasteiger partial charge on any atom is -0.346 e. The smallest absolute Gasteiger partial charge is 0.269 e. The monoisotopic (exact) mass is 413 g/mol. The highest BCUT2D eigenvalue weighted by molar-refractivity contribution is 6.30. The van der Waals surface area contributed by atoms with Crippen molar-refractivity contribution in [1.82, 2.24) is 0 Å². The Bertz CT molecular complexity index is 923. The first kappa shape index (κ1) is 18.6. The Balaban J connectivity index is 1.75. The third kappa shape index (κ3) is 3.63. The van der Waals surface area contributed by atoms with Gasteiger partial charge in [-0.05, 0) is 66.2 Å². The molecule has 28 heavy (non-hydrogen) atoms. The molecule has 0 aliphatic carbocycles. The molecule has 7 heteroatoms. The molecular formula is C21H17Cl2N3O2. The van der Waals surface area contributed by atoms with E-state index >= 15 is 0 Å². The zero-order valence-electron chi connectivity index (χ0n) is 14.8. The average molecular weight is 414 g/mol. The Labute approximate surface area is 172 Å². The van der Waals surface area contributed by atoms with E-state index in [-0.39, 0.29) is 16.8 Å². The summed E-state index contributed by atoms with van der Waals surface area (Å²) in [5.41, 5.74) is 3.15. The average Bonchev–Trinajstić information content (AvgIpc) is 3.14. The summed E-state index contributed by atoms with van der Waals surface area (Å²) in [5, 5.41) is 12.4. The van der Waals surface area contributed by atoms with Crippen molar-refractivity contribution in [2.24, 2.45) is 0 Å². The van der Waals surface area contributed by atoms with Gasteiger partial charge in [0.1, 0.15) is 6.17 Å². The molecule has 0 atom stereocenters. The number of non-ortho nitro benzene ring substituents is 1. The van der Waals surface area contributed by atoms with Gasteiger partial charge in [-0.15, -0.1) is 0 Å². The Hall–Kier alpha value is -2.76. The normalized spacial score (nSPS) is 14.5. The van der Waals surface area contributed by atoms with Crippen LogP contribution in [0.25, 0.3) is 0 Å². The van der Waals surface area contributed by atoms with Gasteiger partial charge in [0.05, 0.1) is 4.92 Å². The second kappa shape index (κ2) is 7.70. The lowest BCUT2D eigenvalue weighted by Gasteiger charge is -2.33. The number of halogens is 2. The van der Waals surface area contributed by atoms with Crippen molar-refractivity contribution in [3.8, 4) is 0 Å². The summed E-state index contributed by atoms with van der Waals surface area (Å²) in [4.78, 5) is 15.2. The van der Waals surface area contributed by atoms with Crippen molar-refractivity contribution >= 4 is 40.3 Å². The molecule has 1 fully saturated rings. The van der Waals surface area contributed by atoms with Crippen molar-refractivity contribution in [1.29, 1.82) is 0 Å². The number of anilines is 2. The predicted molar refractivity (Wildman–Crippen MR) is 113 cm³/mol. The summed E-state index contributed by atoms with van der Waals surface area (Å²) in [5.74, 6) is 0. The second-order valence-electron chi connectivity index (χ2n) is 6.56. The van der Waals surface area contributed by atoms with E-state index in [1.807, 2.05) is 60.7 Å². The van der Waals surface area contributed by atoms with Crippen molar-refractivity contribution in [3.63, 3.8) is 0 Å². The second-order valence-corrected chi connectivity index (χ2v) is 7.43. The minimum atomic E-state index is -0.383. The van der Waals surface area contributed by atoms with Crippen LogP contribution in [0, 0.1) is 10.1 Å². The van der Waals surface area contributed by atoms with Gasteiger partial charge in [0.15, 0.2) is 0 Å². The molecule has 1 saturated heterocycles. The Morgan fingerprint density at radius 3 is 1.57 bits per heavy atom. The summed E-state index contributed by atoms with van der Waals surface area (Å²) in [6.45, 7) is 1.62. The SMILES string of the molecule is O=[N+]([O-])c1ccc(C2N(c3ccc(Cl)cc3)CCN2c2ccc(Cl)cc2)cc1. The third-order valence-electron chi connectivity index (χ3n) is 4.89. The molecule has 0 aromatic heterocycles. The van der Waals surface area contributed by atoms with Crippen LogP contribution in [0.3, 0.4) is 0 Å². The standard InChI is InChI=1S/C21H17Cl2N3O2/c22-16-3-9-18(10-4-16)24-13-14-25(19-11-5-17(23)6-12-19)21(24)15-1-7-20(8-2-15)26(27)28/h1-12,21H,13-14H2. The Kier molecular flexibility index (Phi) is 5.11. The molecule has 0 bridgehead atoms. The van der Waals surface area contributed by atoms with Gasteiger partial charge in [0.2, 0.25) is 0 Å². The Morgan fingerprint density at radius 1 is 0.750 bits per heavy atom. The zero-order valence-corrected chi connectivity index (χ0v) is 16.3. The fourth-order valence-electron chi connectivity index (χ4n) is 3.56. The van der Waals surface area contributed by atoms with Crippen LogP contribution in [-0.2, 0) is 0 Å². The quantitative estimate of drug-likeness (QED) is 0.392. The van der Waals surface area contributed by atoms with Gasteiger partial charge in [0.25, 0.3) is 5.69 Å². The van der Waals surface area contributed by atoms with Crippen LogP contribution >= 0.6 is 23.2 Å². The van der Waals surface area contributed by atoms with E-state index in [4.69, 9.17) is 23.2 Å². The largest absolute Gasteiger partial charge is 0.346 e. The van der Waals surface area contributed by atoms with Gasteiger partial charge in [-0.1, -0.05) is 23.2 Å². The van der Waals surface area contributed by atoms with Crippen LogP contribution in [0.4, 0.5) is 17.1 Å². The molecule has 0 unspecified atom stereocenters. The fraction of sp³-hybridized carbons (Fsp3) is 0.143. The zero-order chi connectivity index (χ0) is 19.7. The lowest BCUT2D eigenvalue weighted by atomic mass is 10.1. The predicted octanol–water partition coefficient (Wildman–Crippen LogP) is 5.93. The number of hydrogen-bond acceptors (Lipinski definition) is 4. The van der Waals surface area contributed by atoms with E-state index in [9.17, 15) is 10.1 Å². The molecule has 1 aliphatic heterocycles. The summed E-state index contributed by atoms with van der Waals surface area (Å²) < 4.78 is 0. The highest BCUT2D eigenvalue weighted by Crippen LogP contribution is 2.38.